The smallest absolute Gasteiger partial charge is 0.166 e. The highest BCUT2D eigenvalue weighted by atomic mass is 19.1. The van der Waals surface area contributed by atoms with Crippen LogP contribution >= 0.6 is 0 Å². The van der Waals surface area contributed by atoms with E-state index in [0.717, 1.165) is 5.69 Å². The van der Waals surface area contributed by atoms with E-state index in [9.17, 15) is 4.39 Å². The molecule has 3 heteroatoms. The molecule has 90 valence electrons. The molecule has 1 aromatic carbocycles. The Morgan fingerprint density at radius 2 is 2.00 bits per heavy atom. The number of pyridine rings is 1. The first kappa shape index (κ1) is 12.1. The van der Waals surface area contributed by atoms with Crippen molar-refractivity contribution in [2.24, 2.45) is 0 Å². The third-order valence-electron chi connectivity index (χ3n) is 2.38. The van der Waals surface area contributed by atoms with Gasteiger partial charge in [0.15, 0.2) is 11.6 Å². The van der Waals surface area contributed by atoms with Gasteiger partial charge in [-0.2, -0.15) is 0 Å². The van der Waals surface area contributed by atoms with Crippen molar-refractivity contribution in [2.75, 3.05) is 7.11 Å². The van der Waals surface area contributed by atoms with Crippen molar-refractivity contribution < 1.29 is 9.13 Å². The average molecular weight is 241 g/mol. The van der Waals surface area contributed by atoms with Crippen molar-refractivity contribution in [3.05, 3.63) is 59.2 Å². The molecule has 0 aliphatic heterocycles. The molecule has 0 aliphatic carbocycles. The van der Waals surface area contributed by atoms with Crippen molar-refractivity contribution in [1.82, 2.24) is 4.98 Å². The van der Waals surface area contributed by atoms with Crippen LogP contribution in [0.2, 0.25) is 0 Å². The summed E-state index contributed by atoms with van der Waals surface area (Å²) in [5.74, 6) is 5.57. The number of nitrogens with zero attached hydrogens (tertiary/aromatic N) is 1. The van der Waals surface area contributed by atoms with Crippen LogP contribution in [0.5, 0.6) is 5.75 Å². The van der Waals surface area contributed by atoms with Gasteiger partial charge in [-0.15, -0.1) is 0 Å². The van der Waals surface area contributed by atoms with Crippen LogP contribution in [0.3, 0.4) is 0 Å². The summed E-state index contributed by atoms with van der Waals surface area (Å²) in [6, 6.07) is 10.2. The van der Waals surface area contributed by atoms with Gasteiger partial charge in [-0.1, -0.05) is 12.0 Å². The van der Waals surface area contributed by atoms with Crippen LogP contribution in [-0.2, 0) is 0 Å². The Morgan fingerprint density at radius 1 is 1.17 bits per heavy atom. The van der Waals surface area contributed by atoms with Crippen LogP contribution in [0.25, 0.3) is 0 Å². The molecule has 0 spiro atoms. The normalized spacial score (nSPS) is 9.50. The van der Waals surface area contributed by atoms with E-state index >= 15 is 0 Å². The molecule has 2 nitrogen and oxygen atoms in total. The molecular formula is C15H12FNO. The number of aromatic nitrogens is 1. The predicted molar refractivity (Wildman–Crippen MR) is 67.9 cm³/mol. The molecule has 1 aromatic heterocycles. The summed E-state index contributed by atoms with van der Waals surface area (Å²) in [6.45, 7) is 1.90. The summed E-state index contributed by atoms with van der Waals surface area (Å²) in [4.78, 5) is 4.25. The minimum absolute atomic E-state index is 0.217. The SMILES string of the molecule is COc1ccc(C#Cc2cccc(C)n2)cc1F. The first-order valence-electron chi connectivity index (χ1n) is 5.48. The first-order valence-corrected chi connectivity index (χ1v) is 5.48. The summed E-state index contributed by atoms with van der Waals surface area (Å²) in [5.41, 5.74) is 2.17. The molecule has 0 saturated carbocycles. The molecule has 0 atom stereocenters. The highest BCUT2D eigenvalue weighted by Gasteiger charge is 2.01. The highest BCUT2D eigenvalue weighted by Crippen LogP contribution is 2.16. The average Bonchev–Trinajstić information content (AvgIpc) is 2.37. The Balaban J connectivity index is 2.27. The lowest BCUT2D eigenvalue weighted by Gasteiger charge is -2.00. The maximum atomic E-state index is 13.4. The molecule has 0 saturated heterocycles. The zero-order valence-electron chi connectivity index (χ0n) is 10.2. The van der Waals surface area contributed by atoms with Crippen LogP contribution in [0.1, 0.15) is 17.0 Å². The van der Waals surface area contributed by atoms with E-state index in [4.69, 9.17) is 4.74 Å². The number of halogens is 1. The largest absolute Gasteiger partial charge is 0.494 e. The molecule has 18 heavy (non-hydrogen) atoms. The quantitative estimate of drug-likeness (QED) is 0.716. The number of aryl methyl sites for hydroxylation is 1. The van der Waals surface area contributed by atoms with E-state index in [2.05, 4.69) is 16.8 Å². The molecule has 0 radical (unpaired) electrons. The molecule has 0 bridgehead atoms. The highest BCUT2D eigenvalue weighted by molar-refractivity contribution is 5.43. The lowest BCUT2D eigenvalue weighted by atomic mass is 10.2. The second-order valence-electron chi connectivity index (χ2n) is 3.76. The molecule has 0 N–H and O–H groups in total. The summed E-state index contributed by atoms with van der Waals surface area (Å²) in [7, 11) is 1.43. The topological polar surface area (TPSA) is 22.1 Å². The van der Waals surface area contributed by atoms with Gasteiger partial charge in [-0.05, 0) is 43.2 Å². The van der Waals surface area contributed by atoms with E-state index in [1.54, 1.807) is 12.1 Å². The van der Waals surface area contributed by atoms with Gasteiger partial charge in [0.1, 0.15) is 5.69 Å². The van der Waals surface area contributed by atoms with Crippen LogP contribution in [0.15, 0.2) is 36.4 Å². The second-order valence-corrected chi connectivity index (χ2v) is 3.76. The number of hydrogen-bond acceptors (Lipinski definition) is 2. The van der Waals surface area contributed by atoms with Crippen LogP contribution < -0.4 is 4.74 Å². The number of rotatable bonds is 1. The van der Waals surface area contributed by atoms with Crippen molar-refractivity contribution in [3.8, 4) is 17.6 Å². The minimum Gasteiger partial charge on any atom is -0.494 e. The maximum Gasteiger partial charge on any atom is 0.166 e. The van der Waals surface area contributed by atoms with E-state index < -0.39 is 5.82 Å². The Labute approximate surface area is 105 Å². The molecular weight excluding hydrogens is 229 g/mol. The van der Waals surface area contributed by atoms with Gasteiger partial charge in [0.05, 0.1) is 7.11 Å². The Bertz CT molecular complexity index is 626. The standard InChI is InChI=1S/C15H12FNO/c1-11-4-3-5-13(17-11)8-6-12-7-9-15(18-2)14(16)10-12/h3-5,7,9-10H,1-2H3. The number of benzene rings is 1. The monoisotopic (exact) mass is 241 g/mol. The molecule has 0 unspecified atom stereocenters. The first-order chi connectivity index (χ1) is 8.69. The van der Waals surface area contributed by atoms with Crippen LogP contribution in [0.4, 0.5) is 4.39 Å². The van der Waals surface area contributed by atoms with Gasteiger partial charge in [-0.3, -0.25) is 0 Å². The molecule has 0 amide bonds. The zero-order chi connectivity index (χ0) is 13.0. The summed E-state index contributed by atoms with van der Waals surface area (Å²) >= 11 is 0. The summed E-state index contributed by atoms with van der Waals surface area (Å²) in [6.07, 6.45) is 0. The fourth-order valence-corrected chi connectivity index (χ4v) is 1.49. The van der Waals surface area contributed by atoms with Gasteiger partial charge < -0.3 is 4.74 Å². The maximum absolute atomic E-state index is 13.4. The van der Waals surface area contributed by atoms with E-state index in [0.29, 0.717) is 11.3 Å². The van der Waals surface area contributed by atoms with E-state index in [1.807, 2.05) is 25.1 Å². The third kappa shape index (κ3) is 2.86. The molecule has 2 aromatic rings. The number of methoxy groups -OCH3 is 1. The number of ether oxygens (including phenoxy) is 1. The lowest BCUT2D eigenvalue weighted by molar-refractivity contribution is 0.386. The molecule has 0 fully saturated rings. The lowest BCUT2D eigenvalue weighted by Crippen LogP contribution is -1.89. The number of hydrogen-bond donors (Lipinski definition) is 0. The van der Waals surface area contributed by atoms with Gasteiger partial charge in [0, 0.05) is 11.3 Å². The van der Waals surface area contributed by atoms with Gasteiger partial charge >= 0.3 is 0 Å². The molecule has 0 aliphatic rings. The Morgan fingerprint density at radius 3 is 2.67 bits per heavy atom. The zero-order valence-corrected chi connectivity index (χ0v) is 10.2. The van der Waals surface area contributed by atoms with Crippen molar-refractivity contribution in [2.45, 2.75) is 6.92 Å². The van der Waals surface area contributed by atoms with E-state index in [-0.39, 0.29) is 5.75 Å². The summed E-state index contributed by atoms with van der Waals surface area (Å²) < 4.78 is 18.3. The molecule has 2 rings (SSSR count). The van der Waals surface area contributed by atoms with Crippen LogP contribution in [-0.4, -0.2) is 12.1 Å². The third-order valence-corrected chi connectivity index (χ3v) is 2.38. The fourth-order valence-electron chi connectivity index (χ4n) is 1.49. The Hall–Kier alpha value is -2.34. The molecule has 1 heterocycles. The van der Waals surface area contributed by atoms with Crippen LogP contribution in [0, 0.1) is 24.6 Å². The fraction of sp³-hybridized carbons (Fsp3) is 0.133. The second kappa shape index (κ2) is 5.33. The van der Waals surface area contributed by atoms with Crippen molar-refractivity contribution in [1.29, 1.82) is 0 Å². The van der Waals surface area contributed by atoms with Gasteiger partial charge in [-0.25, -0.2) is 9.37 Å². The van der Waals surface area contributed by atoms with Crippen molar-refractivity contribution in [3.63, 3.8) is 0 Å². The van der Waals surface area contributed by atoms with Gasteiger partial charge in [0.25, 0.3) is 0 Å². The Kier molecular flexibility index (Phi) is 3.59. The minimum atomic E-state index is -0.415. The van der Waals surface area contributed by atoms with Crippen molar-refractivity contribution >= 4 is 0 Å². The predicted octanol–water partition coefficient (Wildman–Crippen LogP) is 2.94. The van der Waals surface area contributed by atoms with Gasteiger partial charge in [0.2, 0.25) is 0 Å². The summed E-state index contributed by atoms with van der Waals surface area (Å²) in [5, 5.41) is 0. The van der Waals surface area contributed by atoms with E-state index in [1.165, 1.54) is 13.2 Å².